The van der Waals surface area contributed by atoms with Crippen molar-refractivity contribution in [2.75, 3.05) is 61.1 Å². The van der Waals surface area contributed by atoms with Crippen LogP contribution in [0.3, 0.4) is 0 Å². The summed E-state index contributed by atoms with van der Waals surface area (Å²) in [5.74, 6) is 0. The van der Waals surface area contributed by atoms with Crippen LogP contribution in [0.5, 0.6) is 0 Å². The second kappa shape index (κ2) is 12.8. The first-order valence-electron chi connectivity index (χ1n) is 9.14. The number of nitrogen functional groups attached to an aromatic ring is 2. The van der Waals surface area contributed by atoms with E-state index in [1.807, 2.05) is 0 Å². The summed E-state index contributed by atoms with van der Waals surface area (Å²) in [5, 5.41) is 50.3. The predicted molar refractivity (Wildman–Crippen MR) is 117 cm³/mol. The molecule has 0 amide bonds. The number of nitro benzene ring substituents is 2. The minimum atomic E-state index is -0.561. The van der Waals surface area contributed by atoms with Crippen molar-refractivity contribution in [3.63, 3.8) is 0 Å². The number of benzene rings is 2. The Kier molecular flexibility index (Phi) is 10.5. The van der Waals surface area contributed by atoms with E-state index in [9.17, 15) is 20.2 Å². The first kappa shape index (κ1) is 25.4. The molecule has 0 unspecified atom stereocenters. The summed E-state index contributed by atoms with van der Waals surface area (Å²) in [6.07, 6.45) is 0. The number of rotatable bonds is 10. The van der Waals surface area contributed by atoms with E-state index in [4.69, 9.17) is 26.8 Å². The van der Waals surface area contributed by atoms with E-state index < -0.39 is 9.85 Å². The predicted octanol–water partition coefficient (Wildman–Crippen LogP) is 0.549. The molecule has 0 aliphatic carbocycles. The Labute approximate surface area is 177 Å². The molecule has 2 rings (SSSR count). The van der Waals surface area contributed by atoms with Crippen molar-refractivity contribution in [2.24, 2.45) is 0 Å². The molecule has 2 aromatic rings. The van der Waals surface area contributed by atoms with Crippen LogP contribution in [-0.2, 0) is 0 Å². The Morgan fingerprint density at radius 3 is 1.84 bits per heavy atom. The van der Waals surface area contributed by atoms with E-state index in [2.05, 4.69) is 5.32 Å². The quantitative estimate of drug-likeness (QED) is 0.171. The maximum Gasteiger partial charge on any atom is 0.294 e. The Morgan fingerprint density at radius 2 is 1.35 bits per heavy atom. The molecule has 13 nitrogen and oxygen atoms in total. The van der Waals surface area contributed by atoms with Crippen LogP contribution < -0.4 is 21.7 Å². The van der Waals surface area contributed by atoms with Gasteiger partial charge in [-0.3, -0.25) is 20.2 Å². The zero-order valence-electron chi connectivity index (χ0n) is 16.7. The second-order valence-electron chi connectivity index (χ2n) is 6.12. The zero-order chi connectivity index (χ0) is 23.4. The molecule has 0 spiro atoms. The highest BCUT2D eigenvalue weighted by Gasteiger charge is 2.15. The van der Waals surface area contributed by atoms with Gasteiger partial charge in [-0.2, -0.15) is 0 Å². The Bertz CT molecular complexity index is 874. The first-order chi connectivity index (χ1) is 14.7. The largest absolute Gasteiger partial charge is 0.395 e. The van der Waals surface area contributed by atoms with Gasteiger partial charge in [0, 0.05) is 43.1 Å². The van der Waals surface area contributed by atoms with Crippen LogP contribution >= 0.6 is 0 Å². The number of nitrogens with two attached hydrogens (primary N) is 2. The van der Waals surface area contributed by atoms with Gasteiger partial charge in [-0.1, -0.05) is 0 Å². The number of aliphatic hydroxyl groups excluding tert-OH is 3. The number of hydrogen-bond acceptors (Lipinski definition) is 11. The minimum absolute atomic E-state index is 0.0296. The van der Waals surface area contributed by atoms with Gasteiger partial charge in [-0.15, -0.1) is 0 Å². The lowest BCUT2D eigenvalue weighted by molar-refractivity contribution is -0.384. The third kappa shape index (κ3) is 7.93. The van der Waals surface area contributed by atoms with Crippen LogP contribution in [0.1, 0.15) is 0 Å². The molecule has 31 heavy (non-hydrogen) atoms. The van der Waals surface area contributed by atoms with Crippen LogP contribution in [0.4, 0.5) is 34.1 Å². The molecule has 0 radical (unpaired) electrons. The normalized spacial score (nSPS) is 10.0. The van der Waals surface area contributed by atoms with Crippen molar-refractivity contribution < 1.29 is 25.2 Å². The van der Waals surface area contributed by atoms with E-state index in [-0.39, 0.29) is 42.6 Å². The molecule has 0 aromatic heterocycles. The van der Waals surface area contributed by atoms with Crippen molar-refractivity contribution in [3.05, 3.63) is 56.6 Å². The third-order valence-corrected chi connectivity index (χ3v) is 3.98. The van der Waals surface area contributed by atoms with Crippen LogP contribution in [0.15, 0.2) is 36.4 Å². The number of aliphatic hydroxyl groups is 3. The van der Waals surface area contributed by atoms with Crippen LogP contribution in [0, 0.1) is 20.2 Å². The van der Waals surface area contributed by atoms with Gasteiger partial charge in [-0.05, 0) is 24.3 Å². The topological polar surface area (TPSA) is 214 Å². The van der Waals surface area contributed by atoms with E-state index in [1.54, 1.807) is 17.0 Å². The van der Waals surface area contributed by atoms with E-state index in [0.717, 1.165) is 0 Å². The van der Waals surface area contributed by atoms with Gasteiger partial charge < -0.3 is 37.0 Å². The molecule has 0 saturated heterocycles. The van der Waals surface area contributed by atoms with E-state index in [1.165, 1.54) is 24.3 Å². The molecule has 0 aliphatic rings. The Hall–Kier alpha value is -3.68. The van der Waals surface area contributed by atoms with Crippen LogP contribution in [-0.4, -0.2) is 64.6 Å². The monoisotopic (exact) mass is 438 g/mol. The highest BCUT2D eigenvalue weighted by Crippen LogP contribution is 2.27. The Morgan fingerprint density at radius 1 is 0.839 bits per heavy atom. The molecule has 13 heteroatoms. The van der Waals surface area contributed by atoms with Gasteiger partial charge in [0.2, 0.25) is 0 Å². The van der Waals surface area contributed by atoms with Gasteiger partial charge >= 0.3 is 0 Å². The summed E-state index contributed by atoms with van der Waals surface area (Å²) in [6.45, 7) is 0.707. The molecule has 0 aliphatic heterocycles. The lowest BCUT2D eigenvalue weighted by Crippen LogP contribution is -2.29. The number of nitro groups is 2. The second-order valence-corrected chi connectivity index (χ2v) is 6.12. The van der Waals surface area contributed by atoms with Crippen molar-refractivity contribution in [2.45, 2.75) is 0 Å². The fourth-order valence-electron chi connectivity index (χ4n) is 2.51. The number of anilines is 4. The Balaban J connectivity index is 0.000000316. The molecule has 2 aromatic carbocycles. The minimum Gasteiger partial charge on any atom is -0.395 e. The molecule has 0 atom stereocenters. The molecule has 0 heterocycles. The lowest BCUT2D eigenvalue weighted by atomic mass is 10.2. The first-order valence-corrected chi connectivity index (χ1v) is 9.14. The van der Waals surface area contributed by atoms with Crippen molar-refractivity contribution in [1.82, 2.24) is 0 Å². The van der Waals surface area contributed by atoms with Crippen LogP contribution in [0.2, 0.25) is 0 Å². The molecular weight excluding hydrogens is 412 g/mol. The number of nitrogens with zero attached hydrogens (tertiary/aromatic N) is 3. The maximum atomic E-state index is 10.7. The number of hydrogen-bond donors (Lipinski definition) is 6. The molecule has 0 saturated carbocycles. The summed E-state index contributed by atoms with van der Waals surface area (Å²) in [5.41, 5.74) is 11.9. The molecule has 0 bridgehead atoms. The highest BCUT2D eigenvalue weighted by atomic mass is 16.6. The summed E-state index contributed by atoms with van der Waals surface area (Å²) in [4.78, 5) is 21.8. The molecule has 170 valence electrons. The summed E-state index contributed by atoms with van der Waals surface area (Å²) < 4.78 is 0. The fourth-order valence-corrected chi connectivity index (χ4v) is 2.51. The van der Waals surface area contributed by atoms with Gasteiger partial charge in [-0.25, -0.2) is 0 Å². The smallest absolute Gasteiger partial charge is 0.294 e. The third-order valence-electron chi connectivity index (χ3n) is 3.98. The number of nitrogens with one attached hydrogen (secondary N) is 1. The van der Waals surface area contributed by atoms with E-state index in [0.29, 0.717) is 31.0 Å². The lowest BCUT2D eigenvalue weighted by Gasteiger charge is -2.22. The standard InChI is InChI=1S/C10H15N3O4.C8H11N3O3/c11-9-2-1-8(7-10(9)13(16)17)12(3-5-14)4-6-15;9-7-2-1-6(10-3-4-12)5-8(7)11(13)14/h1-2,7,14-15H,3-6,11H2;1-2,5,10,12H,3-4,9H2. The van der Waals surface area contributed by atoms with Gasteiger partial charge in [0.25, 0.3) is 11.4 Å². The average Bonchev–Trinajstić information content (AvgIpc) is 2.73. The van der Waals surface area contributed by atoms with Crippen molar-refractivity contribution >= 4 is 34.1 Å². The van der Waals surface area contributed by atoms with Gasteiger partial charge in [0.1, 0.15) is 11.4 Å². The SMILES string of the molecule is Nc1ccc(N(CCO)CCO)cc1[N+](=O)[O-].Nc1ccc(NCCO)cc1[N+](=O)[O-]. The highest BCUT2D eigenvalue weighted by molar-refractivity contribution is 5.66. The zero-order valence-corrected chi connectivity index (χ0v) is 16.7. The maximum absolute atomic E-state index is 10.7. The van der Waals surface area contributed by atoms with Gasteiger partial charge in [0.15, 0.2) is 0 Å². The summed E-state index contributed by atoms with van der Waals surface area (Å²) >= 11 is 0. The van der Waals surface area contributed by atoms with Crippen molar-refractivity contribution in [1.29, 1.82) is 0 Å². The molecule has 0 fully saturated rings. The van der Waals surface area contributed by atoms with Crippen LogP contribution in [0.25, 0.3) is 0 Å². The molecule has 8 N–H and O–H groups in total. The summed E-state index contributed by atoms with van der Waals surface area (Å²) in [6, 6.07) is 8.81. The molecular formula is C18H26N6O7. The van der Waals surface area contributed by atoms with Crippen molar-refractivity contribution in [3.8, 4) is 0 Å². The van der Waals surface area contributed by atoms with Gasteiger partial charge in [0.05, 0.1) is 29.7 Å². The summed E-state index contributed by atoms with van der Waals surface area (Å²) in [7, 11) is 0. The average molecular weight is 438 g/mol. The van der Waals surface area contributed by atoms with E-state index >= 15 is 0 Å². The fraction of sp³-hybridized carbons (Fsp3) is 0.333.